The number of aryl methyl sites for hydroxylation is 1. The molecule has 1 N–H and O–H groups in total. The van der Waals surface area contributed by atoms with Gasteiger partial charge in [0.2, 0.25) is 0 Å². The molecule has 0 unspecified atom stereocenters. The molecule has 2 amide bonds. The fourth-order valence-corrected chi connectivity index (χ4v) is 4.30. The van der Waals surface area contributed by atoms with E-state index in [0.29, 0.717) is 25.7 Å². The summed E-state index contributed by atoms with van der Waals surface area (Å²) in [6.07, 6.45) is 4.08. The largest absolute Gasteiger partial charge is 0.486 e. The maximum atomic E-state index is 12.6. The molecule has 8 nitrogen and oxygen atoms in total. The fourth-order valence-electron chi connectivity index (χ4n) is 4.30. The normalized spacial score (nSPS) is 18.8. The lowest BCUT2D eigenvalue weighted by atomic mass is 9.96. The second-order valence-electron chi connectivity index (χ2n) is 7.63. The van der Waals surface area contributed by atoms with Crippen molar-refractivity contribution >= 4 is 6.03 Å². The molecular formula is C20H25N5O3. The summed E-state index contributed by atoms with van der Waals surface area (Å²) in [6, 6.07) is 5.79. The van der Waals surface area contributed by atoms with Crippen LogP contribution in [-0.4, -0.2) is 52.0 Å². The number of rotatable bonds is 3. The first kappa shape index (κ1) is 17.3. The Morgan fingerprint density at radius 1 is 1.11 bits per heavy atom. The van der Waals surface area contributed by atoms with Crippen LogP contribution in [-0.2, 0) is 19.5 Å². The first-order valence-electron chi connectivity index (χ1n) is 10.1. The van der Waals surface area contributed by atoms with Crippen LogP contribution < -0.4 is 14.8 Å². The third kappa shape index (κ3) is 3.27. The predicted molar refractivity (Wildman–Crippen MR) is 102 cm³/mol. The SMILES string of the molecule is O=C(NCc1ccc2c(c1)OCCO2)N1CCC(c2nnc3n2CCC3)CC1. The molecule has 0 bridgehead atoms. The lowest BCUT2D eigenvalue weighted by Gasteiger charge is -2.31. The average Bonchev–Trinajstić information content (AvgIpc) is 3.36. The first-order valence-corrected chi connectivity index (χ1v) is 10.1. The maximum absolute atomic E-state index is 12.6. The molecule has 5 rings (SSSR count). The van der Waals surface area contributed by atoms with E-state index in [1.165, 1.54) is 6.42 Å². The number of carbonyl (C=O) groups excluding carboxylic acids is 1. The van der Waals surface area contributed by atoms with Gasteiger partial charge in [0.15, 0.2) is 11.5 Å². The second-order valence-corrected chi connectivity index (χ2v) is 7.63. The van der Waals surface area contributed by atoms with Crippen molar-refractivity contribution in [2.75, 3.05) is 26.3 Å². The van der Waals surface area contributed by atoms with Crippen molar-refractivity contribution < 1.29 is 14.3 Å². The number of hydrogen-bond acceptors (Lipinski definition) is 5. The Kier molecular flexibility index (Phi) is 4.54. The van der Waals surface area contributed by atoms with Crippen LogP contribution >= 0.6 is 0 Å². The maximum Gasteiger partial charge on any atom is 0.317 e. The summed E-state index contributed by atoms with van der Waals surface area (Å²) in [5.74, 6) is 4.16. The van der Waals surface area contributed by atoms with Gasteiger partial charge in [0.25, 0.3) is 0 Å². The Balaban J connectivity index is 1.14. The highest BCUT2D eigenvalue weighted by molar-refractivity contribution is 5.74. The zero-order valence-electron chi connectivity index (χ0n) is 15.9. The second kappa shape index (κ2) is 7.33. The minimum atomic E-state index is -0.0141. The third-order valence-corrected chi connectivity index (χ3v) is 5.84. The molecule has 1 fully saturated rings. The predicted octanol–water partition coefficient (Wildman–Crippen LogP) is 2.08. The van der Waals surface area contributed by atoms with Gasteiger partial charge in [0.1, 0.15) is 24.9 Å². The van der Waals surface area contributed by atoms with Gasteiger partial charge in [0.05, 0.1) is 0 Å². The number of nitrogens with one attached hydrogen (secondary N) is 1. The van der Waals surface area contributed by atoms with Crippen molar-refractivity contribution in [3.8, 4) is 11.5 Å². The van der Waals surface area contributed by atoms with Crippen molar-refractivity contribution in [1.82, 2.24) is 25.0 Å². The molecule has 3 aliphatic heterocycles. The van der Waals surface area contributed by atoms with Gasteiger partial charge >= 0.3 is 6.03 Å². The smallest absolute Gasteiger partial charge is 0.317 e. The van der Waals surface area contributed by atoms with E-state index in [2.05, 4.69) is 20.1 Å². The van der Waals surface area contributed by atoms with Crippen LogP contribution in [0.3, 0.4) is 0 Å². The standard InChI is InChI=1S/C20H25N5O3/c26-20(21-13-14-3-4-16-17(12-14)28-11-10-27-16)24-8-5-15(6-9-24)19-23-22-18-2-1-7-25(18)19/h3-4,12,15H,1-2,5-11,13H2,(H,21,26). The molecule has 2 aromatic rings. The van der Waals surface area contributed by atoms with Crippen molar-refractivity contribution in [2.45, 2.75) is 44.7 Å². The summed E-state index contributed by atoms with van der Waals surface area (Å²) in [7, 11) is 0. The van der Waals surface area contributed by atoms with E-state index in [9.17, 15) is 4.79 Å². The first-order chi connectivity index (χ1) is 13.8. The van der Waals surface area contributed by atoms with Gasteiger partial charge < -0.3 is 24.3 Å². The van der Waals surface area contributed by atoms with Gasteiger partial charge in [-0.3, -0.25) is 0 Å². The number of urea groups is 1. The van der Waals surface area contributed by atoms with Gasteiger partial charge in [0, 0.05) is 38.5 Å². The van der Waals surface area contributed by atoms with Gasteiger partial charge in [-0.25, -0.2) is 4.79 Å². The summed E-state index contributed by atoms with van der Waals surface area (Å²) < 4.78 is 13.4. The summed E-state index contributed by atoms with van der Waals surface area (Å²) in [4.78, 5) is 14.5. The Morgan fingerprint density at radius 3 is 2.79 bits per heavy atom. The van der Waals surface area contributed by atoms with E-state index < -0.39 is 0 Å². The molecule has 0 atom stereocenters. The highest BCUT2D eigenvalue weighted by Gasteiger charge is 2.29. The van der Waals surface area contributed by atoms with Crippen LogP contribution in [0.15, 0.2) is 18.2 Å². The fraction of sp³-hybridized carbons (Fsp3) is 0.550. The molecule has 0 radical (unpaired) electrons. The van der Waals surface area contributed by atoms with E-state index in [4.69, 9.17) is 9.47 Å². The Bertz CT molecular complexity index is 873. The van der Waals surface area contributed by atoms with Crippen LogP contribution in [0.2, 0.25) is 0 Å². The monoisotopic (exact) mass is 383 g/mol. The number of ether oxygens (including phenoxy) is 2. The van der Waals surface area contributed by atoms with Gasteiger partial charge in [-0.2, -0.15) is 0 Å². The number of likely N-dealkylation sites (tertiary alicyclic amines) is 1. The molecule has 4 heterocycles. The summed E-state index contributed by atoms with van der Waals surface area (Å²) >= 11 is 0. The van der Waals surface area contributed by atoms with E-state index in [1.807, 2.05) is 23.1 Å². The molecule has 148 valence electrons. The summed E-state index contributed by atoms with van der Waals surface area (Å²) in [6.45, 7) is 4.16. The quantitative estimate of drug-likeness (QED) is 0.878. The molecule has 1 aromatic heterocycles. The zero-order chi connectivity index (χ0) is 18.9. The van der Waals surface area contributed by atoms with Gasteiger partial charge in [-0.05, 0) is 37.0 Å². The minimum Gasteiger partial charge on any atom is -0.486 e. The van der Waals surface area contributed by atoms with E-state index in [0.717, 1.165) is 67.6 Å². The molecule has 1 aromatic carbocycles. The Morgan fingerprint density at radius 2 is 1.93 bits per heavy atom. The lowest BCUT2D eigenvalue weighted by molar-refractivity contribution is 0.171. The molecule has 1 saturated heterocycles. The van der Waals surface area contributed by atoms with Crippen LogP contribution in [0.5, 0.6) is 11.5 Å². The van der Waals surface area contributed by atoms with E-state index >= 15 is 0 Å². The molecular weight excluding hydrogens is 358 g/mol. The Hall–Kier alpha value is -2.77. The minimum absolute atomic E-state index is 0.0141. The number of benzene rings is 1. The van der Waals surface area contributed by atoms with Crippen molar-refractivity contribution in [3.05, 3.63) is 35.4 Å². The molecule has 0 saturated carbocycles. The third-order valence-electron chi connectivity index (χ3n) is 5.84. The summed E-state index contributed by atoms with van der Waals surface area (Å²) in [5.41, 5.74) is 1.01. The highest BCUT2D eigenvalue weighted by atomic mass is 16.6. The van der Waals surface area contributed by atoms with Gasteiger partial charge in [-0.15, -0.1) is 10.2 Å². The molecule has 0 spiro atoms. The van der Waals surface area contributed by atoms with Crippen molar-refractivity contribution in [1.29, 1.82) is 0 Å². The van der Waals surface area contributed by atoms with Crippen molar-refractivity contribution in [3.63, 3.8) is 0 Å². The number of fused-ring (bicyclic) bond motifs is 2. The topological polar surface area (TPSA) is 81.5 Å². The molecule has 3 aliphatic rings. The van der Waals surface area contributed by atoms with Crippen LogP contribution in [0.1, 0.15) is 42.4 Å². The average molecular weight is 383 g/mol. The van der Waals surface area contributed by atoms with Crippen molar-refractivity contribution in [2.24, 2.45) is 0 Å². The Labute approximate surface area is 163 Å². The van der Waals surface area contributed by atoms with Gasteiger partial charge in [-0.1, -0.05) is 6.07 Å². The number of amides is 2. The number of hydrogen-bond donors (Lipinski definition) is 1. The summed E-state index contributed by atoms with van der Waals surface area (Å²) in [5, 5.41) is 11.8. The van der Waals surface area contributed by atoms with Crippen LogP contribution in [0.25, 0.3) is 0 Å². The number of piperidine rings is 1. The molecule has 0 aliphatic carbocycles. The molecule has 28 heavy (non-hydrogen) atoms. The van der Waals surface area contributed by atoms with Crippen LogP contribution in [0.4, 0.5) is 4.79 Å². The number of aromatic nitrogens is 3. The number of nitrogens with zero attached hydrogens (tertiary/aromatic N) is 4. The highest BCUT2D eigenvalue weighted by Crippen LogP contribution is 2.31. The zero-order valence-corrected chi connectivity index (χ0v) is 15.9. The van der Waals surface area contributed by atoms with Crippen LogP contribution in [0, 0.1) is 0 Å². The van der Waals surface area contributed by atoms with E-state index in [1.54, 1.807) is 0 Å². The van der Waals surface area contributed by atoms with E-state index in [-0.39, 0.29) is 6.03 Å². The number of carbonyl (C=O) groups is 1. The molecule has 8 heteroatoms. The lowest BCUT2D eigenvalue weighted by Crippen LogP contribution is -2.44.